The lowest BCUT2D eigenvalue weighted by atomic mass is 9.85. The van der Waals surface area contributed by atoms with E-state index in [1.165, 1.54) is 4.90 Å². The van der Waals surface area contributed by atoms with Crippen molar-refractivity contribution in [2.24, 2.45) is 23.7 Å². The smallest absolute Gasteiger partial charge is 0.238 e. The number of carbonyl (C=O) groups is 3. The quantitative estimate of drug-likeness (QED) is 0.421. The van der Waals surface area contributed by atoms with Crippen molar-refractivity contribution >= 4 is 23.3 Å². The lowest BCUT2D eigenvalue weighted by Gasteiger charge is -2.17. The van der Waals surface area contributed by atoms with Gasteiger partial charge in [-0.15, -0.1) is 0 Å². The molecule has 0 aromatic heterocycles. The maximum Gasteiger partial charge on any atom is 0.238 e. The predicted molar refractivity (Wildman–Crippen MR) is 109 cm³/mol. The van der Waals surface area contributed by atoms with Crippen LogP contribution < -0.4 is 14.4 Å². The fourth-order valence-corrected chi connectivity index (χ4v) is 4.86. The Morgan fingerprint density at radius 3 is 2.03 bits per heavy atom. The number of benzene rings is 2. The Balaban J connectivity index is 1.24. The van der Waals surface area contributed by atoms with Crippen molar-refractivity contribution in [3.63, 3.8) is 0 Å². The summed E-state index contributed by atoms with van der Waals surface area (Å²) in [6.07, 6.45) is 5.07. The van der Waals surface area contributed by atoms with E-state index in [0.717, 1.165) is 6.42 Å². The van der Waals surface area contributed by atoms with Crippen molar-refractivity contribution in [2.45, 2.75) is 6.42 Å². The average molecular weight is 403 g/mol. The number of imide groups is 1. The standard InChI is InChI=1S/C24H21NO5/c1-29-18-8-4-14(5-9-18)20(26)13-30-19-10-6-17(7-11-19)25-23(27)21-15-2-3-16(12-15)22(21)24(25)28/h2-11,15-16,21-22H,12-13H2,1H3/t15-,16?,21-,22+/m0/s1. The largest absolute Gasteiger partial charge is 0.497 e. The van der Waals surface area contributed by atoms with Crippen LogP contribution in [0.2, 0.25) is 0 Å². The number of rotatable bonds is 6. The minimum Gasteiger partial charge on any atom is -0.497 e. The van der Waals surface area contributed by atoms with Gasteiger partial charge >= 0.3 is 0 Å². The number of ether oxygens (including phenoxy) is 2. The third-order valence-electron chi connectivity index (χ3n) is 6.35. The topological polar surface area (TPSA) is 72.9 Å². The molecule has 1 saturated carbocycles. The molecule has 2 bridgehead atoms. The monoisotopic (exact) mass is 403 g/mol. The van der Waals surface area contributed by atoms with Crippen LogP contribution in [0.4, 0.5) is 5.69 Å². The zero-order valence-electron chi connectivity index (χ0n) is 16.5. The molecule has 1 aliphatic heterocycles. The molecule has 0 radical (unpaired) electrons. The Labute approximate surface area is 174 Å². The number of anilines is 1. The van der Waals surface area contributed by atoms with Crippen molar-refractivity contribution < 1.29 is 23.9 Å². The Morgan fingerprint density at radius 2 is 1.47 bits per heavy atom. The van der Waals surface area contributed by atoms with E-state index >= 15 is 0 Å². The fourth-order valence-electron chi connectivity index (χ4n) is 4.86. The summed E-state index contributed by atoms with van der Waals surface area (Å²) in [4.78, 5) is 39.4. The molecule has 2 amide bonds. The second-order valence-corrected chi connectivity index (χ2v) is 7.95. The number of Topliss-reactive ketones (excluding diaryl/α,β-unsaturated/α-hetero) is 1. The van der Waals surface area contributed by atoms with E-state index in [9.17, 15) is 14.4 Å². The molecule has 2 aromatic rings. The number of carbonyl (C=O) groups excluding carboxylic acids is 3. The molecule has 0 spiro atoms. The highest BCUT2D eigenvalue weighted by molar-refractivity contribution is 6.22. The van der Waals surface area contributed by atoms with Crippen molar-refractivity contribution in [1.29, 1.82) is 0 Å². The number of hydrogen-bond acceptors (Lipinski definition) is 5. The van der Waals surface area contributed by atoms with E-state index in [-0.39, 0.29) is 47.9 Å². The van der Waals surface area contributed by atoms with Gasteiger partial charge in [-0.1, -0.05) is 12.2 Å². The van der Waals surface area contributed by atoms with E-state index in [0.29, 0.717) is 22.7 Å². The van der Waals surface area contributed by atoms with E-state index in [4.69, 9.17) is 9.47 Å². The van der Waals surface area contributed by atoms with Gasteiger partial charge in [0.25, 0.3) is 0 Å². The van der Waals surface area contributed by atoms with Crippen LogP contribution in [-0.2, 0) is 9.59 Å². The first-order chi connectivity index (χ1) is 14.6. The lowest BCUT2D eigenvalue weighted by Crippen LogP contribution is -2.32. The minimum absolute atomic E-state index is 0.105. The first-order valence-corrected chi connectivity index (χ1v) is 10.0. The van der Waals surface area contributed by atoms with Gasteiger partial charge in [-0.3, -0.25) is 19.3 Å². The lowest BCUT2D eigenvalue weighted by molar-refractivity contribution is -0.123. The third-order valence-corrected chi connectivity index (χ3v) is 6.35. The van der Waals surface area contributed by atoms with Crippen LogP contribution in [0.5, 0.6) is 11.5 Å². The van der Waals surface area contributed by atoms with Gasteiger partial charge in [0.2, 0.25) is 11.8 Å². The minimum atomic E-state index is -0.217. The molecule has 1 saturated heterocycles. The number of fused-ring (bicyclic) bond motifs is 5. The second-order valence-electron chi connectivity index (χ2n) is 7.95. The van der Waals surface area contributed by atoms with Crippen LogP contribution in [0, 0.1) is 23.7 Å². The molecular weight excluding hydrogens is 382 g/mol. The maximum atomic E-state index is 12.9. The van der Waals surface area contributed by atoms with Crippen LogP contribution in [0.15, 0.2) is 60.7 Å². The van der Waals surface area contributed by atoms with Gasteiger partial charge < -0.3 is 9.47 Å². The molecule has 152 valence electrons. The molecule has 0 N–H and O–H groups in total. The van der Waals surface area contributed by atoms with E-state index in [1.54, 1.807) is 55.6 Å². The van der Waals surface area contributed by atoms with Crippen LogP contribution >= 0.6 is 0 Å². The summed E-state index contributed by atoms with van der Waals surface area (Å²) in [5.41, 5.74) is 1.09. The maximum absolute atomic E-state index is 12.9. The number of hydrogen-bond donors (Lipinski definition) is 0. The highest BCUT2D eigenvalue weighted by Crippen LogP contribution is 2.53. The Kier molecular flexibility index (Phi) is 4.42. The molecule has 2 aromatic carbocycles. The summed E-state index contributed by atoms with van der Waals surface area (Å²) in [5.74, 6) is 0.763. The van der Waals surface area contributed by atoms with Gasteiger partial charge in [0.1, 0.15) is 11.5 Å². The zero-order valence-corrected chi connectivity index (χ0v) is 16.5. The van der Waals surface area contributed by atoms with Gasteiger partial charge in [-0.2, -0.15) is 0 Å². The molecule has 30 heavy (non-hydrogen) atoms. The molecule has 2 fully saturated rings. The first-order valence-electron chi connectivity index (χ1n) is 10.0. The van der Waals surface area contributed by atoms with Crippen molar-refractivity contribution in [1.82, 2.24) is 0 Å². The summed E-state index contributed by atoms with van der Waals surface area (Å²) in [6.45, 7) is -0.105. The fraction of sp³-hybridized carbons (Fsp3) is 0.292. The number of ketones is 1. The zero-order chi connectivity index (χ0) is 20.8. The highest BCUT2D eigenvalue weighted by atomic mass is 16.5. The molecular formula is C24H21NO5. The average Bonchev–Trinajstić information content (AvgIpc) is 3.46. The van der Waals surface area contributed by atoms with Gasteiger partial charge in [-0.25, -0.2) is 0 Å². The third kappa shape index (κ3) is 2.91. The Hall–Kier alpha value is -3.41. The van der Waals surface area contributed by atoms with Gasteiger partial charge in [0, 0.05) is 5.56 Å². The van der Waals surface area contributed by atoms with Crippen LogP contribution in [-0.4, -0.2) is 31.3 Å². The molecule has 1 unspecified atom stereocenters. The second kappa shape index (κ2) is 7.13. The van der Waals surface area contributed by atoms with E-state index < -0.39 is 0 Å². The van der Waals surface area contributed by atoms with E-state index in [1.807, 2.05) is 0 Å². The SMILES string of the molecule is COc1ccc(C(=O)COc2ccc(N3C(=O)[C@@H]4[C@H](C3=O)C3C=C[C@H]4C3)cc2)cc1. The van der Waals surface area contributed by atoms with Crippen LogP contribution in [0.3, 0.4) is 0 Å². The normalized spacial score (nSPS) is 26.2. The molecule has 4 atom stereocenters. The number of amides is 2. The van der Waals surface area contributed by atoms with Crippen LogP contribution in [0.25, 0.3) is 0 Å². The molecule has 3 aliphatic rings. The highest BCUT2D eigenvalue weighted by Gasteiger charge is 2.59. The summed E-state index contributed by atoms with van der Waals surface area (Å²) < 4.78 is 10.7. The van der Waals surface area contributed by atoms with E-state index in [2.05, 4.69) is 12.2 Å². The van der Waals surface area contributed by atoms with Crippen LogP contribution in [0.1, 0.15) is 16.8 Å². The van der Waals surface area contributed by atoms with Gasteiger partial charge in [0.15, 0.2) is 12.4 Å². The Morgan fingerprint density at radius 1 is 0.900 bits per heavy atom. The van der Waals surface area contributed by atoms with Gasteiger partial charge in [0.05, 0.1) is 24.6 Å². The summed E-state index contributed by atoms with van der Waals surface area (Å²) in [7, 11) is 1.57. The number of nitrogens with zero attached hydrogens (tertiary/aromatic N) is 1. The molecule has 5 rings (SSSR count). The summed E-state index contributed by atoms with van der Waals surface area (Å²) in [6, 6.07) is 13.6. The van der Waals surface area contributed by atoms with Crippen molar-refractivity contribution in [2.75, 3.05) is 18.6 Å². The van der Waals surface area contributed by atoms with Crippen molar-refractivity contribution in [3.05, 3.63) is 66.2 Å². The van der Waals surface area contributed by atoms with Crippen molar-refractivity contribution in [3.8, 4) is 11.5 Å². The molecule has 1 heterocycles. The predicted octanol–water partition coefficient (Wildman–Crippen LogP) is 3.27. The molecule has 2 aliphatic carbocycles. The number of methoxy groups -OCH3 is 1. The first kappa shape index (κ1) is 18.6. The molecule has 6 nitrogen and oxygen atoms in total. The number of allylic oxidation sites excluding steroid dienone is 2. The molecule has 6 heteroatoms. The van der Waals surface area contributed by atoms with Gasteiger partial charge in [-0.05, 0) is 66.8 Å². The summed E-state index contributed by atoms with van der Waals surface area (Å²) in [5, 5.41) is 0. The Bertz CT molecular complexity index is 1010. The summed E-state index contributed by atoms with van der Waals surface area (Å²) >= 11 is 0.